The molecule has 0 spiro atoms. The van der Waals surface area contributed by atoms with E-state index in [2.05, 4.69) is 15.5 Å². The molecule has 2 heterocycles. The molecule has 23 heavy (non-hydrogen) atoms. The highest BCUT2D eigenvalue weighted by atomic mass is 16.5. The van der Waals surface area contributed by atoms with Gasteiger partial charge in [0, 0.05) is 13.2 Å². The maximum absolute atomic E-state index is 11.9. The van der Waals surface area contributed by atoms with E-state index < -0.39 is 5.97 Å². The number of carbonyl (C=O) groups excluding carboxylic acids is 1. The van der Waals surface area contributed by atoms with Gasteiger partial charge in [-0.2, -0.15) is 0 Å². The number of likely N-dealkylation sites (N-methyl/N-ethyl adjacent to an activating group) is 1. The van der Waals surface area contributed by atoms with Gasteiger partial charge in [0.25, 0.3) is 0 Å². The number of hydrazine groups is 1. The molecule has 118 valence electrons. The van der Waals surface area contributed by atoms with E-state index in [-0.39, 0.29) is 12.0 Å². The lowest BCUT2D eigenvalue weighted by molar-refractivity contribution is -0.133. The van der Waals surface area contributed by atoms with Crippen molar-refractivity contribution in [3.8, 4) is 0 Å². The van der Waals surface area contributed by atoms with E-state index in [1.54, 1.807) is 23.3 Å². The average Bonchev–Trinajstić information content (AvgIpc) is 2.62. The fourth-order valence-electron chi connectivity index (χ4n) is 2.31. The van der Waals surface area contributed by atoms with Crippen LogP contribution in [0.4, 0.5) is 5.69 Å². The lowest BCUT2D eigenvalue weighted by atomic mass is 10.2. The number of para-hydroxylation sites is 1. The molecule has 1 aliphatic rings. The van der Waals surface area contributed by atoms with E-state index >= 15 is 0 Å². The molecular formula is C16H17N5O2. The highest BCUT2D eigenvalue weighted by molar-refractivity contribution is 6.35. The largest absolute Gasteiger partial charge is 0.463 e. The molecule has 1 unspecified atom stereocenters. The number of hydrazone groups is 1. The van der Waals surface area contributed by atoms with Crippen molar-refractivity contribution >= 4 is 17.5 Å². The third-order valence-electron chi connectivity index (χ3n) is 3.44. The summed E-state index contributed by atoms with van der Waals surface area (Å²) in [7, 11) is 3.05. The third-order valence-corrected chi connectivity index (χ3v) is 3.44. The summed E-state index contributed by atoms with van der Waals surface area (Å²) in [5.74, 6) is -0.344. The minimum absolute atomic E-state index is 0.170. The SMILES string of the molecule is COC(=O)C1=NN(c2ccccc2)C(c2ccccn2)NN1C. The summed E-state index contributed by atoms with van der Waals surface area (Å²) in [6.45, 7) is 0. The summed E-state index contributed by atoms with van der Waals surface area (Å²) < 4.78 is 4.79. The van der Waals surface area contributed by atoms with Crippen molar-refractivity contribution in [1.82, 2.24) is 15.4 Å². The molecule has 1 aromatic carbocycles. The molecule has 0 fully saturated rings. The molecule has 2 aromatic rings. The minimum Gasteiger partial charge on any atom is -0.463 e. The first-order valence-electron chi connectivity index (χ1n) is 7.12. The lowest BCUT2D eigenvalue weighted by Gasteiger charge is -2.38. The van der Waals surface area contributed by atoms with Crippen molar-refractivity contribution in [3.63, 3.8) is 0 Å². The van der Waals surface area contributed by atoms with Gasteiger partial charge in [-0.25, -0.2) is 15.2 Å². The Morgan fingerprint density at radius 3 is 2.57 bits per heavy atom. The second kappa shape index (κ2) is 6.45. The highest BCUT2D eigenvalue weighted by Crippen LogP contribution is 2.27. The normalized spacial score (nSPS) is 17.7. The Morgan fingerprint density at radius 1 is 1.17 bits per heavy atom. The van der Waals surface area contributed by atoms with Crippen molar-refractivity contribution in [1.29, 1.82) is 0 Å². The summed E-state index contributed by atoms with van der Waals surface area (Å²) in [5.41, 5.74) is 4.84. The number of hydrogen-bond donors (Lipinski definition) is 1. The standard InChI is InChI=1S/C16H17N5O2/c1-20-15(16(22)23-2)19-21(12-8-4-3-5-9-12)14(18-20)13-10-6-7-11-17-13/h3-11,14,18H,1-2H3. The smallest absolute Gasteiger partial charge is 0.377 e. The number of pyridine rings is 1. The van der Waals surface area contributed by atoms with Crippen LogP contribution < -0.4 is 10.4 Å². The van der Waals surface area contributed by atoms with E-state index in [0.29, 0.717) is 0 Å². The number of amidine groups is 1. The van der Waals surface area contributed by atoms with E-state index in [4.69, 9.17) is 4.74 Å². The number of methoxy groups -OCH3 is 1. The minimum atomic E-state index is -0.514. The van der Waals surface area contributed by atoms with Gasteiger partial charge in [0.2, 0.25) is 5.84 Å². The second-order valence-corrected chi connectivity index (χ2v) is 4.94. The lowest BCUT2D eigenvalue weighted by Crippen LogP contribution is -2.55. The summed E-state index contributed by atoms with van der Waals surface area (Å²) in [6, 6.07) is 15.3. The van der Waals surface area contributed by atoms with Crippen LogP contribution in [0.5, 0.6) is 0 Å². The zero-order valence-corrected chi connectivity index (χ0v) is 12.9. The van der Waals surface area contributed by atoms with Crippen molar-refractivity contribution in [3.05, 3.63) is 60.4 Å². The predicted molar refractivity (Wildman–Crippen MR) is 86.2 cm³/mol. The Morgan fingerprint density at radius 2 is 1.91 bits per heavy atom. The topological polar surface area (TPSA) is 70.1 Å². The Labute approximate surface area is 134 Å². The second-order valence-electron chi connectivity index (χ2n) is 4.94. The van der Waals surface area contributed by atoms with Crippen molar-refractivity contribution < 1.29 is 9.53 Å². The first-order chi connectivity index (χ1) is 11.2. The summed E-state index contributed by atoms with van der Waals surface area (Å²) in [5, 5.41) is 7.72. The number of aromatic nitrogens is 1. The summed E-state index contributed by atoms with van der Waals surface area (Å²) in [4.78, 5) is 16.3. The number of hydrogen-bond acceptors (Lipinski definition) is 7. The third kappa shape index (κ3) is 3.00. The van der Waals surface area contributed by atoms with Gasteiger partial charge in [0.15, 0.2) is 6.17 Å². The Balaban J connectivity index is 2.06. The van der Waals surface area contributed by atoms with Gasteiger partial charge >= 0.3 is 5.97 Å². The number of rotatable bonds is 3. The molecule has 1 N–H and O–H groups in total. The Kier molecular flexibility index (Phi) is 4.20. The van der Waals surface area contributed by atoms with Gasteiger partial charge < -0.3 is 4.74 Å². The van der Waals surface area contributed by atoms with Crippen LogP contribution in [-0.2, 0) is 9.53 Å². The summed E-state index contributed by atoms with van der Waals surface area (Å²) in [6.07, 6.45) is 1.39. The molecule has 7 heteroatoms. The van der Waals surface area contributed by atoms with Crippen molar-refractivity contribution in [2.24, 2.45) is 5.10 Å². The van der Waals surface area contributed by atoms with Gasteiger partial charge in [-0.3, -0.25) is 9.99 Å². The quantitative estimate of drug-likeness (QED) is 0.867. The molecule has 7 nitrogen and oxygen atoms in total. The van der Waals surface area contributed by atoms with Crippen LogP contribution in [0.1, 0.15) is 11.9 Å². The van der Waals surface area contributed by atoms with E-state index in [1.165, 1.54) is 7.11 Å². The van der Waals surface area contributed by atoms with Crippen molar-refractivity contribution in [2.45, 2.75) is 6.17 Å². The summed E-state index contributed by atoms with van der Waals surface area (Å²) >= 11 is 0. The van der Waals surface area contributed by atoms with Crippen LogP contribution in [0.15, 0.2) is 59.8 Å². The van der Waals surface area contributed by atoms with Gasteiger partial charge in [0.1, 0.15) is 0 Å². The molecule has 1 atom stereocenters. The number of anilines is 1. The van der Waals surface area contributed by atoms with Crippen LogP contribution in [0.2, 0.25) is 0 Å². The zero-order valence-electron chi connectivity index (χ0n) is 12.9. The van der Waals surface area contributed by atoms with Gasteiger partial charge in [0.05, 0.1) is 18.5 Å². The maximum Gasteiger partial charge on any atom is 0.377 e. The molecule has 0 saturated carbocycles. The highest BCUT2D eigenvalue weighted by Gasteiger charge is 2.32. The molecule has 3 rings (SSSR count). The first-order valence-corrected chi connectivity index (χ1v) is 7.12. The van der Waals surface area contributed by atoms with E-state index in [0.717, 1.165) is 11.4 Å². The number of ether oxygens (including phenoxy) is 1. The van der Waals surface area contributed by atoms with Gasteiger partial charge in [-0.15, -0.1) is 5.10 Å². The molecule has 0 saturated heterocycles. The van der Waals surface area contributed by atoms with Gasteiger partial charge in [-0.05, 0) is 24.3 Å². The van der Waals surface area contributed by atoms with Crippen LogP contribution in [0, 0.1) is 0 Å². The Hall–Kier alpha value is -2.93. The van der Waals surface area contributed by atoms with Crippen LogP contribution >= 0.6 is 0 Å². The number of nitrogens with zero attached hydrogens (tertiary/aromatic N) is 4. The fourth-order valence-corrected chi connectivity index (χ4v) is 2.31. The number of nitrogens with one attached hydrogen (secondary N) is 1. The molecular weight excluding hydrogens is 294 g/mol. The molecule has 0 radical (unpaired) electrons. The van der Waals surface area contributed by atoms with Crippen LogP contribution in [0.3, 0.4) is 0 Å². The fraction of sp³-hybridized carbons (Fsp3) is 0.188. The zero-order chi connectivity index (χ0) is 16.2. The molecule has 0 bridgehead atoms. The maximum atomic E-state index is 11.9. The van der Waals surface area contributed by atoms with E-state index in [9.17, 15) is 4.79 Å². The molecule has 1 aliphatic heterocycles. The van der Waals surface area contributed by atoms with E-state index in [1.807, 2.05) is 48.5 Å². The molecule has 1 aromatic heterocycles. The Bertz CT molecular complexity index is 705. The number of esters is 1. The van der Waals surface area contributed by atoms with Crippen molar-refractivity contribution in [2.75, 3.05) is 19.2 Å². The van der Waals surface area contributed by atoms with Crippen LogP contribution in [0.25, 0.3) is 0 Å². The average molecular weight is 311 g/mol. The molecule has 0 amide bonds. The predicted octanol–water partition coefficient (Wildman–Crippen LogP) is 1.52. The monoisotopic (exact) mass is 311 g/mol. The number of carbonyl (C=O) groups is 1. The molecule has 0 aliphatic carbocycles. The number of benzene rings is 1. The first kappa shape index (κ1) is 15.0. The van der Waals surface area contributed by atoms with Crippen LogP contribution in [-0.4, -0.2) is 36.0 Å². The van der Waals surface area contributed by atoms with Gasteiger partial charge in [-0.1, -0.05) is 24.3 Å².